The average molecular weight is 262 g/mol. The number of hydrogen-bond acceptors (Lipinski definition) is 4. The van der Waals surface area contributed by atoms with Crippen molar-refractivity contribution in [1.82, 2.24) is 0 Å². The molecule has 1 rings (SSSR count). The SMILES string of the molecule is C[Si](C)(C)CCOCO[C@@H]1CSCCC1=O. The van der Waals surface area contributed by atoms with Crippen molar-refractivity contribution in [3.63, 3.8) is 0 Å². The second-order valence-electron chi connectivity index (χ2n) is 5.28. The van der Waals surface area contributed by atoms with Gasteiger partial charge in [-0.2, -0.15) is 11.8 Å². The van der Waals surface area contributed by atoms with E-state index in [1.165, 1.54) is 0 Å². The molecule has 1 atom stereocenters. The normalized spacial score (nSPS) is 22.4. The lowest BCUT2D eigenvalue weighted by Gasteiger charge is -2.21. The predicted molar refractivity (Wildman–Crippen MR) is 70.8 cm³/mol. The number of carbonyl (C=O) groups excluding carboxylic acids is 1. The Labute approximate surface area is 103 Å². The summed E-state index contributed by atoms with van der Waals surface area (Å²) < 4.78 is 10.8. The van der Waals surface area contributed by atoms with Gasteiger partial charge in [0.1, 0.15) is 12.9 Å². The summed E-state index contributed by atoms with van der Waals surface area (Å²) >= 11 is 1.78. The lowest BCUT2D eigenvalue weighted by atomic mass is 10.2. The van der Waals surface area contributed by atoms with Crippen molar-refractivity contribution in [2.75, 3.05) is 24.9 Å². The zero-order chi connectivity index (χ0) is 12.0. The highest BCUT2D eigenvalue weighted by molar-refractivity contribution is 7.99. The molecular weight excluding hydrogens is 240 g/mol. The van der Waals surface area contributed by atoms with Crippen LogP contribution in [0.15, 0.2) is 0 Å². The summed E-state index contributed by atoms with van der Waals surface area (Å²) in [7, 11) is -1.01. The van der Waals surface area contributed by atoms with Gasteiger partial charge in [0.2, 0.25) is 0 Å². The molecule has 0 N–H and O–H groups in total. The van der Waals surface area contributed by atoms with E-state index in [4.69, 9.17) is 9.47 Å². The molecule has 5 heteroatoms. The van der Waals surface area contributed by atoms with E-state index in [0.717, 1.165) is 24.2 Å². The number of thioether (sulfide) groups is 1. The van der Waals surface area contributed by atoms with E-state index < -0.39 is 8.07 Å². The molecule has 0 aromatic carbocycles. The van der Waals surface area contributed by atoms with Crippen LogP contribution in [0.4, 0.5) is 0 Å². The van der Waals surface area contributed by atoms with Gasteiger partial charge in [0.15, 0.2) is 5.78 Å². The first-order valence-corrected chi connectivity index (χ1v) is 10.6. The van der Waals surface area contributed by atoms with Crippen molar-refractivity contribution in [1.29, 1.82) is 0 Å². The van der Waals surface area contributed by atoms with Gasteiger partial charge in [-0.15, -0.1) is 0 Å². The Bertz CT molecular complexity index is 228. The summed E-state index contributed by atoms with van der Waals surface area (Å²) in [5.41, 5.74) is 0. The molecule has 0 amide bonds. The summed E-state index contributed by atoms with van der Waals surface area (Å²) in [6, 6.07) is 1.14. The van der Waals surface area contributed by atoms with Crippen LogP contribution in [0.1, 0.15) is 6.42 Å². The van der Waals surface area contributed by atoms with Crippen LogP contribution in [0.5, 0.6) is 0 Å². The van der Waals surface area contributed by atoms with Crippen LogP contribution >= 0.6 is 11.8 Å². The van der Waals surface area contributed by atoms with E-state index in [-0.39, 0.29) is 18.7 Å². The number of ketones is 1. The molecule has 0 spiro atoms. The second kappa shape index (κ2) is 6.79. The Hall–Kier alpha value is 0.157. The molecule has 0 aromatic heterocycles. The van der Waals surface area contributed by atoms with Gasteiger partial charge in [-0.05, 0) is 6.04 Å². The molecule has 1 saturated heterocycles. The Balaban J connectivity index is 2.04. The van der Waals surface area contributed by atoms with Crippen LogP contribution < -0.4 is 0 Å². The molecule has 16 heavy (non-hydrogen) atoms. The molecule has 3 nitrogen and oxygen atoms in total. The quantitative estimate of drug-likeness (QED) is 0.418. The Morgan fingerprint density at radius 1 is 1.44 bits per heavy atom. The average Bonchev–Trinajstić information content (AvgIpc) is 2.18. The van der Waals surface area contributed by atoms with Gasteiger partial charge in [-0.3, -0.25) is 4.79 Å². The Morgan fingerprint density at radius 2 is 2.19 bits per heavy atom. The zero-order valence-electron chi connectivity index (χ0n) is 10.5. The number of ether oxygens (including phenoxy) is 2. The highest BCUT2D eigenvalue weighted by atomic mass is 32.2. The second-order valence-corrected chi connectivity index (χ2v) is 12.1. The monoisotopic (exact) mass is 262 g/mol. The smallest absolute Gasteiger partial charge is 0.163 e. The predicted octanol–water partition coefficient (Wildman–Crippen LogP) is 2.39. The third-order valence-electron chi connectivity index (χ3n) is 2.47. The molecule has 0 aliphatic carbocycles. The summed E-state index contributed by atoms with van der Waals surface area (Å²) in [4.78, 5) is 11.4. The maximum absolute atomic E-state index is 11.4. The molecule has 0 radical (unpaired) electrons. The van der Waals surface area contributed by atoms with E-state index in [9.17, 15) is 4.79 Å². The molecule has 1 fully saturated rings. The number of Topliss-reactive ketones (excluding diaryl/α,β-unsaturated/α-hetero) is 1. The molecule has 0 bridgehead atoms. The summed E-state index contributed by atoms with van der Waals surface area (Å²) in [5.74, 6) is 1.96. The third-order valence-corrected chi connectivity index (χ3v) is 5.21. The maximum atomic E-state index is 11.4. The van der Waals surface area contributed by atoms with Crippen LogP contribution in [0.3, 0.4) is 0 Å². The van der Waals surface area contributed by atoms with Crippen molar-refractivity contribution < 1.29 is 14.3 Å². The van der Waals surface area contributed by atoms with Gasteiger partial charge >= 0.3 is 0 Å². The lowest BCUT2D eigenvalue weighted by molar-refractivity contribution is -0.139. The number of rotatable bonds is 6. The first kappa shape index (κ1) is 14.2. The lowest BCUT2D eigenvalue weighted by Crippen LogP contribution is -2.32. The molecule has 1 aliphatic rings. The van der Waals surface area contributed by atoms with Gasteiger partial charge in [0, 0.05) is 32.6 Å². The van der Waals surface area contributed by atoms with Gasteiger partial charge in [-0.25, -0.2) is 0 Å². The highest BCUT2D eigenvalue weighted by Crippen LogP contribution is 2.16. The molecule has 0 unspecified atom stereocenters. The van der Waals surface area contributed by atoms with E-state index in [2.05, 4.69) is 19.6 Å². The number of carbonyl (C=O) groups is 1. The van der Waals surface area contributed by atoms with Gasteiger partial charge in [-0.1, -0.05) is 19.6 Å². The molecular formula is C11H22O3SSi. The molecule has 1 heterocycles. The van der Waals surface area contributed by atoms with Gasteiger partial charge < -0.3 is 9.47 Å². The first-order valence-electron chi connectivity index (χ1n) is 5.79. The zero-order valence-corrected chi connectivity index (χ0v) is 12.3. The van der Waals surface area contributed by atoms with Gasteiger partial charge in [0.05, 0.1) is 0 Å². The van der Waals surface area contributed by atoms with Crippen LogP contribution in [0.2, 0.25) is 25.7 Å². The largest absolute Gasteiger partial charge is 0.356 e. The summed E-state index contributed by atoms with van der Waals surface area (Å²) in [6.45, 7) is 7.97. The minimum absolute atomic E-state index is 0.229. The van der Waals surface area contributed by atoms with Crippen molar-refractivity contribution in [3.05, 3.63) is 0 Å². The van der Waals surface area contributed by atoms with Crippen molar-refractivity contribution in [2.45, 2.75) is 38.2 Å². The van der Waals surface area contributed by atoms with E-state index >= 15 is 0 Å². The van der Waals surface area contributed by atoms with Crippen LogP contribution in [0.25, 0.3) is 0 Å². The highest BCUT2D eigenvalue weighted by Gasteiger charge is 2.23. The van der Waals surface area contributed by atoms with E-state index in [1.807, 2.05) is 0 Å². The van der Waals surface area contributed by atoms with Crippen molar-refractivity contribution in [2.24, 2.45) is 0 Å². The third kappa shape index (κ3) is 6.03. The van der Waals surface area contributed by atoms with Gasteiger partial charge in [0.25, 0.3) is 0 Å². The number of hydrogen-bond donors (Lipinski definition) is 0. The minimum Gasteiger partial charge on any atom is -0.356 e. The molecule has 94 valence electrons. The standard InChI is InChI=1S/C11H22O3SSi/c1-16(2,3)7-5-13-9-14-11-8-15-6-4-10(11)12/h11H,4-9H2,1-3H3/t11-/m1/s1. The van der Waals surface area contributed by atoms with Crippen molar-refractivity contribution in [3.8, 4) is 0 Å². The maximum Gasteiger partial charge on any atom is 0.163 e. The Morgan fingerprint density at radius 3 is 2.81 bits per heavy atom. The topological polar surface area (TPSA) is 35.5 Å². The van der Waals surface area contributed by atoms with E-state index in [1.54, 1.807) is 11.8 Å². The first-order chi connectivity index (χ1) is 7.49. The summed E-state index contributed by atoms with van der Waals surface area (Å²) in [5, 5.41) is 0. The van der Waals surface area contributed by atoms with Crippen LogP contribution in [0, 0.1) is 0 Å². The fraction of sp³-hybridized carbons (Fsp3) is 0.909. The molecule has 0 saturated carbocycles. The molecule has 1 aliphatic heterocycles. The minimum atomic E-state index is -1.01. The van der Waals surface area contributed by atoms with Crippen LogP contribution in [-0.4, -0.2) is 44.9 Å². The van der Waals surface area contributed by atoms with Crippen LogP contribution in [-0.2, 0) is 14.3 Å². The Kier molecular flexibility index (Phi) is 6.03. The fourth-order valence-corrected chi connectivity index (χ4v) is 3.09. The fourth-order valence-electron chi connectivity index (χ4n) is 1.33. The molecule has 0 aromatic rings. The van der Waals surface area contributed by atoms with Crippen molar-refractivity contribution >= 4 is 25.6 Å². The van der Waals surface area contributed by atoms with E-state index in [0.29, 0.717) is 6.42 Å². The summed E-state index contributed by atoms with van der Waals surface area (Å²) in [6.07, 6.45) is 0.412.